The van der Waals surface area contributed by atoms with Crippen LogP contribution in [0.4, 0.5) is 11.4 Å². The summed E-state index contributed by atoms with van der Waals surface area (Å²) in [5, 5.41) is 14.8. The molecule has 2 rings (SSSR count). The van der Waals surface area contributed by atoms with Crippen molar-refractivity contribution in [1.82, 2.24) is 0 Å². The van der Waals surface area contributed by atoms with Crippen molar-refractivity contribution < 1.29 is 9.66 Å². The number of nitro benzene ring substituents is 1. The van der Waals surface area contributed by atoms with Gasteiger partial charge in [-0.15, -0.1) is 0 Å². The fraction of sp³-hybridized carbons (Fsp3) is 0.625. The molecule has 1 fully saturated rings. The topological polar surface area (TPSA) is 64.4 Å². The molecule has 0 heterocycles. The smallest absolute Gasteiger partial charge is 0.333 e. The Balaban J connectivity index is 2.32. The van der Waals surface area contributed by atoms with E-state index in [0.29, 0.717) is 11.4 Å². The summed E-state index contributed by atoms with van der Waals surface area (Å²) in [5.41, 5.74) is 0.745. The number of anilines is 1. The number of para-hydroxylation sites is 1. The van der Waals surface area contributed by atoms with Crippen LogP contribution in [0, 0.1) is 15.5 Å². The lowest BCUT2D eigenvalue weighted by molar-refractivity contribution is -0.385. The Hall–Kier alpha value is -1.78. The van der Waals surface area contributed by atoms with Crippen molar-refractivity contribution in [3.8, 4) is 5.75 Å². The van der Waals surface area contributed by atoms with E-state index in [9.17, 15) is 10.1 Å². The Bertz CT molecular complexity index is 526. The second-order valence-electron chi connectivity index (χ2n) is 6.65. The van der Waals surface area contributed by atoms with E-state index in [1.54, 1.807) is 18.2 Å². The SMILES string of the molecule is CC(C)Oc1cccc(NC2CCCC2(C)C)c1[N+](=O)[O-]. The van der Waals surface area contributed by atoms with Gasteiger partial charge in [-0.3, -0.25) is 10.1 Å². The Morgan fingerprint density at radius 2 is 2.14 bits per heavy atom. The van der Waals surface area contributed by atoms with Gasteiger partial charge in [0.1, 0.15) is 5.69 Å². The molecule has 1 aliphatic carbocycles. The molecule has 0 spiro atoms. The van der Waals surface area contributed by atoms with E-state index in [-0.39, 0.29) is 28.2 Å². The Kier molecular flexibility index (Phi) is 4.40. The summed E-state index contributed by atoms with van der Waals surface area (Å²) in [5.74, 6) is 0.329. The number of ether oxygens (including phenoxy) is 1. The predicted octanol–water partition coefficient (Wildman–Crippen LogP) is 4.37. The third-order valence-electron chi connectivity index (χ3n) is 4.13. The minimum Gasteiger partial charge on any atom is -0.484 e. The molecule has 5 nitrogen and oxygen atoms in total. The number of nitro groups is 1. The first-order valence-electron chi connectivity index (χ1n) is 7.52. The highest BCUT2D eigenvalue weighted by atomic mass is 16.6. The van der Waals surface area contributed by atoms with E-state index in [0.717, 1.165) is 19.3 Å². The monoisotopic (exact) mass is 292 g/mol. The van der Waals surface area contributed by atoms with E-state index in [4.69, 9.17) is 4.74 Å². The van der Waals surface area contributed by atoms with Gasteiger partial charge in [0.05, 0.1) is 11.0 Å². The van der Waals surface area contributed by atoms with E-state index >= 15 is 0 Å². The quantitative estimate of drug-likeness (QED) is 0.646. The molecule has 0 aromatic heterocycles. The van der Waals surface area contributed by atoms with Gasteiger partial charge in [-0.2, -0.15) is 0 Å². The minimum absolute atomic E-state index is 0.0360. The van der Waals surface area contributed by atoms with Gasteiger partial charge in [0.2, 0.25) is 0 Å². The number of nitrogens with one attached hydrogen (secondary N) is 1. The van der Waals surface area contributed by atoms with Crippen LogP contribution in [0.3, 0.4) is 0 Å². The van der Waals surface area contributed by atoms with Crippen LogP contribution in [0.5, 0.6) is 5.75 Å². The Labute approximate surface area is 125 Å². The number of nitrogens with zero attached hydrogens (tertiary/aromatic N) is 1. The summed E-state index contributed by atoms with van der Waals surface area (Å²) in [6.07, 6.45) is 3.24. The summed E-state index contributed by atoms with van der Waals surface area (Å²) in [4.78, 5) is 11.1. The maximum Gasteiger partial charge on any atom is 0.333 e. The zero-order valence-electron chi connectivity index (χ0n) is 13.2. The highest BCUT2D eigenvalue weighted by Crippen LogP contribution is 2.42. The van der Waals surface area contributed by atoms with Crippen molar-refractivity contribution in [3.63, 3.8) is 0 Å². The van der Waals surface area contributed by atoms with Crippen LogP contribution in [0.2, 0.25) is 0 Å². The van der Waals surface area contributed by atoms with E-state index < -0.39 is 0 Å². The summed E-state index contributed by atoms with van der Waals surface area (Å²) in [6, 6.07) is 5.48. The fourth-order valence-electron chi connectivity index (χ4n) is 2.96. The molecule has 21 heavy (non-hydrogen) atoms. The first-order chi connectivity index (χ1) is 9.81. The van der Waals surface area contributed by atoms with Gasteiger partial charge in [0.15, 0.2) is 5.75 Å². The molecular formula is C16H24N2O3. The zero-order chi connectivity index (χ0) is 15.6. The lowest BCUT2D eigenvalue weighted by Crippen LogP contribution is -2.31. The summed E-state index contributed by atoms with van der Waals surface area (Å²) in [7, 11) is 0. The Morgan fingerprint density at radius 3 is 2.67 bits per heavy atom. The van der Waals surface area contributed by atoms with Crippen molar-refractivity contribution in [2.45, 2.75) is 59.1 Å². The molecule has 0 saturated heterocycles. The van der Waals surface area contributed by atoms with Crippen molar-refractivity contribution in [3.05, 3.63) is 28.3 Å². The van der Waals surface area contributed by atoms with Crippen LogP contribution in [-0.4, -0.2) is 17.1 Å². The second-order valence-corrected chi connectivity index (χ2v) is 6.65. The third kappa shape index (κ3) is 3.46. The highest BCUT2D eigenvalue weighted by molar-refractivity contribution is 5.69. The van der Waals surface area contributed by atoms with E-state index in [1.807, 2.05) is 13.8 Å². The average molecular weight is 292 g/mol. The van der Waals surface area contributed by atoms with Gasteiger partial charge in [0.25, 0.3) is 0 Å². The number of hydrogen-bond donors (Lipinski definition) is 1. The van der Waals surface area contributed by atoms with Crippen molar-refractivity contribution in [1.29, 1.82) is 0 Å². The van der Waals surface area contributed by atoms with Crippen LogP contribution >= 0.6 is 0 Å². The van der Waals surface area contributed by atoms with Gasteiger partial charge in [0, 0.05) is 6.04 Å². The summed E-state index contributed by atoms with van der Waals surface area (Å²) in [6.45, 7) is 8.14. The molecule has 5 heteroatoms. The molecule has 1 saturated carbocycles. The molecule has 0 radical (unpaired) electrons. The molecule has 1 aliphatic rings. The third-order valence-corrected chi connectivity index (χ3v) is 4.13. The van der Waals surface area contributed by atoms with Crippen molar-refractivity contribution >= 4 is 11.4 Å². The van der Waals surface area contributed by atoms with E-state index in [1.165, 1.54) is 0 Å². The normalized spacial score (nSPS) is 20.5. The lowest BCUT2D eigenvalue weighted by Gasteiger charge is -2.28. The standard InChI is InChI=1S/C16H24N2O3/c1-11(2)21-13-8-5-7-12(15(13)18(19)20)17-14-9-6-10-16(14,3)4/h5,7-8,11,14,17H,6,9-10H2,1-4H3. The minimum atomic E-state index is -0.359. The van der Waals surface area contributed by atoms with Gasteiger partial charge in [-0.1, -0.05) is 26.3 Å². The number of hydrogen-bond acceptors (Lipinski definition) is 4. The molecule has 1 N–H and O–H groups in total. The highest BCUT2D eigenvalue weighted by Gasteiger charge is 2.36. The molecule has 0 amide bonds. The van der Waals surface area contributed by atoms with Crippen LogP contribution in [-0.2, 0) is 0 Å². The lowest BCUT2D eigenvalue weighted by atomic mass is 9.87. The summed E-state index contributed by atoms with van der Waals surface area (Å²) < 4.78 is 5.58. The number of rotatable bonds is 5. The first-order valence-corrected chi connectivity index (χ1v) is 7.52. The van der Waals surface area contributed by atoms with Gasteiger partial charge >= 0.3 is 5.69 Å². The van der Waals surface area contributed by atoms with Crippen LogP contribution in [0.25, 0.3) is 0 Å². The molecule has 0 bridgehead atoms. The van der Waals surface area contributed by atoms with Crippen molar-refractivity contribution in [2.75, 3.05) is 5.32 Å². The van der Waals surface area contributed by atoms with Crippen molar-refractivity contribution in [2.24, 2.45) is 5.41 Å². The number of benzene rings is 1. The fourth-order valence-corrected chi connectivity index (χ4v) is 2.96. The molecule has 1 unspecified atom stereocenters. The maximum absolute atomic E-state index is 11.4. The molecule has 116 valence electrons. The van der Waals surface area contributed by atoms with Gasteiger partial charge in [-0.05, 0) is 44.2 Å². The largest absolute Gasteiger partial charge is 0.484 e. The maximum atomic E-state index is 11.4. The van der Waals surface area contributed by atoms with Crippen LogP contribution in [0.15, 0.2) is 18.2 Å². The molecule has 1 aromatic carbocycles. The first kappa shape index (κ1) is 15.6. The second kappa shape index (κ2) is 5.92. The summed E-state index contributed by atoms with van der Waals surface area (Å²) >= 11 is 0. The van der Waals surface area contributed by atoms with E-state index in [2.05, 4.69) is 19.2 Å². The molecule has 1 atom stereocenters. The Morgan fingerprint density at radius 1 is 1.43 bits per heavy atom. The zero-order valence-corrected chi connectivity index (χ0v) is 13.2. The van der Waals surface area contributed by atoms with Gasteiger partial charge < -0.3 is 10.1 Å². The average Bonchev–Trinajstić information content (AvgIpc) is 2.67. The molecule has 1 aromatic rings. The van der Waals surface area contributed by atoms with Gasteiger partial charge in [-0.25, -0.2) is 0 Å². The predicted molar refractivity (Wildman–Crippen MR) is 83.9 cm³/mol. The molecular weight excluding hydrogens is 268 g/mol. The molecule has 0 aliphatic heterocycles. The van der Waals surface area contributed by atoms with Crippen LogP contribution in [0.1, 0.15) is 47.0 Å². The van der Waals surface area contributed by atoms with Crippen LogP contribution < -0.4 is 10.1 Å².